The number of carbonyl (C=O) groups excluding carboxylic acids is 5. The molecule has 5 bridgehead atoms. The van der Waals surface area contributed by atoms with Crippen molar-refractivity contribution in [1.29, 1.82) is 0 Å². The van der Waals surface area contributed by atoms with E-state index in [4.69, 9.17) is 30.4 Å². The standard InChI is InChI=1S/C60H74FN7O15/c1-27-11-10-12-28(2)57(76)64-45-48(66-20-16-35(17-21-66)65(8)24-33-15-19-67(25-33)47-30(4)46-36(34-13-14-34)23-37(59(78)79)58(77)68(46)26-38(47)61)52(73)40-41(51(45)72)50(71)31(5)54-42(40)56(75)60(7,83-54)81-22-18-39(80-9)29(3)55(82-32(6)69)44(63)53(74)43(62)49(27)70/h10-12,18,22-23,26-27,29,33-35,39,43-44,49,53,55,70-71,74H,13-17,19-21,24-25,62-63H2,1-9H3,(H,64,76)(H,78,79)/b11-10+,22-18+,28-12-/t27-,29+,33?,39-,43+,44+,49-,53+,55+,60-/m0/s1. The molecular formula is C60H74FN7O15. The first-order valence-corrected chi connectivity index (χ1v) is 28.1. The number of aliphatic hydroxyl groups excluding tert-OH is 2. The molecule has 3 aromatic rings. The summed E-state index contributed by atoms with van der Waals surface area (Å²) in [5.74, 6) is -10.6. The molecule has 22 nitrogen and oxygen atoms in total. The number of nitrogens with two attached hydrogens (primary N) is 2. The van der Waals surface area contributed by atoms with Crippen molar-refractivity contribution in [3.8, 4) is 11.5 Å². The lowest BCUT2D eigenvalue weighted by Crippen LogP contribution is -2.60. The highest BCUT2D eigenvalue weighted by Gasteiger charge is 2.53. The van der Waals surface area contributed by atoms with E-state index in [1.54, 1.807) is 25.7 Å². The number of ether oxygens (including phenoxy) is 4. The van der Waals surface area contributed by atoms with Crippen molar-refractivity contribution >= 4 is 46.4 Å². The number of carboxylic acid groups (broad SMARTS) is 1. The summed E-state index contributed by atoms with van der Waals surface area (Å²) in [7, 11) is 3.35. The normalized spacial score (nSPS) is 29.9. The number of ketones is 3. The van der Waals surface area contributed by atoms with Crippen molar-refractivity contribution < 1.29 is 72.5 Å². The first kappa shape index (κ1) is 60.3. The molecule has 446 valence electrons. The first-order chi connectivity index (χ1) is 39.2. The molecule has 9 N–H and O–H groups in total. The molecule has 1 amide bonds. The number of aromatic nitrogens is 1. The number of phenolic OH excluding ortho intramolecular Hbond substituents is 1. The van der Waals surface area contributed by atoms with Crippen molar-refractivity contribution in [3.05, 3.63) is 115 Å². The smallest absolute Gasteiger partial charge is 0.341 e. The molecule has 0 spiro atoms. The zero-order valence-corrected chi connectivity index (χ0v) is 48.1. The Kier molecular flexibility index (Phi) is 17.0. The molecule has 2 aliphatic carbocycles. The maximum Gasteiger partial charge on any atom is 0.341 e. The molecule has 1 aromatic carbocycles. The van der Waals surface area contributed by atoms with Crippen LogP contribution in [0.3, 0.4) is 0 Å². The Hall–Kier alpha value is -7.28. The quantitative estimate of drug-likeness (QED) is 0.149. The number of anilines is 1. The molecule has 0 radical (unpaired) electrons. The van der Waals surface area contributed by atoms with Crippen molar-refractivity contribution in [2.24, 2.45) is 29.2 Å². The summed E-state index contributed by atoms with van der Waals surface area (Å²) in [6.07, 6.45) is 6.17. The van der Waals surface area contributed by atoms with E-state index in [0.717, 1.165) is 48.6 Å². The minimum absolute atomic E-state index is 0.0253. The number of aliphatic hydroxyl groups is 2. The Morgan fingerprint density at radius 1 is 0.916 bits per heavy atom. The molecule has 10 rings (SSSR count). The van der Waals surface area contributed by atoms with Crippen LogP contribution in [0.25, 0.3) is 5.52 Å². The number of nitrogens with zero attached hydrogens (tertiary/aromatic N) is 4. The van der Waals surface area contributed by atoms with Crippen LogP contribution in [0.1, 0.15) is 131 Å². The monoisotopic (exact) mass is 1150 g/mol. The van der Waals surface area contributed by atoms with Gasteiger partial charge in [0.2, 0.25) is 11.6 Å². The number of carboxylic acids is 1. The molecule has 3 fully saturated rings. The van der Waals surface area contributed by atoms with Gasteiger partial charge in [-0.25, -0.2) is 9.18 Å². The Labute approximate surface area is 479 Å². The largest absolute Gasteiger partial charge is 0.507 e. The molecule has 10 atom stereocenters. The van der Waals surface area contributed by atoms with Crippen LogP contribution in [0.4, 0.5) is 10.1 Å². The molecule has 1 unspecified atom stereocenters. The van der Waals surface area contributed by atoms with E-state index in [2.05, 4.69) is 10.2 Å². The summed E-state index contributed by atoms with van der Waals surface area (Å²) in [6.45, 7) is 12.5. The van der Waals surface area contributed by atoms with E-state index in [0.29, 0.717) is 49.2 Å². The maximum absolute atomic E-state index is 16.2. The lowest BCUT2D eigenvalue weighted by molar-refractivity contribution is -0.155. The Bertz CT molecular complexity index is 3380. The van der Waals surface area contributed by atoms with Gasteiger partial charge in [0.05, 0.1) is 70.7 Å². The third-order valence-corrected chi connectivity index (χ3v) is 17.6. The Morgan fingerprint density at radius 2 is 1.59 bits per heavy atom. The predicted molar refractivity (Wildman–Crippen MR) is 301 cm³/mol. The zero-order valence-electron chi connectivity index (χ0n) is 48.1. The summed E-state index contributed by atoms with van der Waals surface area (Å²) in [6, 6.07) is -1.31. The van der Waals surface area contributed by atoms with Crippen LogP contribution in [0.5, 0.6) is 11.5 Å². The van der Waals surface area contributed by atoms with E-state index in [-0.39, 0.29) is 59.1 Å². The number of methoxy groups -OCH3 is 1. The molecule has 7 heterocycles. The number of Topliss-reactive ketones (excluding diaryl/α,β-unsaturated/α-hetero) is 3. The van der Waals surface area contributed by atoms with Gasteiger partial charge in [0.15, 0.2) is 5.82 Å². The van der Waals surface area contributed by atoms with E-state index >= 15 is 14.0 Å². The second-order valence-electron chi connectivity index (χ2n) is 23.3. The fourth-order valence-electron chi connectivity index (χ4n) is 12.6. The third-order valence-electron chi connectivity index (χ3n) is 17.6. The number of halogens is 1. The number of phenols is 1. The number of allylic oxidation sites excluding steroid dienone is 4. The highest BCUT2D eigenvalue weighted by molar-refractivity contribution is 6.32. The van der Waals surface area contributed by atoms with E-state index < -0.39 is 129 Å². The van der Waals surface area contributed by atoms with Crippen molar-refractivity contribution in [1.82, 2.24) is 19.5 Å². The number of pyridine rings is 2. The van der Waals surface area contributed by atoms with Gasteiger partial charge in [-0.1, -0.05) is 32.1 Å². The van der Waals surface area contributed by atoms with Crippen molar-refractivity contribution in [2.45, 2.75) is 135 Å². The van der Waals surface area contributed by atoms with Gasteiger partial charge in [0.25, 0.3) is 17.2 Å². The summed E-state index contributed by atoms with van der Waals surface area (Å²) in [4.78, 5) is 103. The molecule has 5 aliphatic heterocycles. The number of hydrogen-bond acceptors (Lipinski definition) is 19. The number of nitrogens with one attached hydrogen (secondary N) is 1. The number of rotatable bonds is 9. The summed E-state index contributed by atoms with van der Waals surface area (Å²) in [5, 5.41) is 47.0. The van der Waals surface area contributed by atoms with Crippen LogP contribution in [-0.4, -0.2) is 165 Å². The number of esters is 1. The van der Waals surface area contributed by atoms with Crippen LogP contribution in [-0.2, 0) is 23.8 Å². The van der Waals surface area contributed by atoms with Crippen LogP contribution in [0.2, 0.25) is 0 Å². The SMILES string of the molecule is CO[C@H]1/C=C/O[C@@]2(C)Oc3c(C)c(O)c4c(c3C2=O)C(=O)C(N2CCC(N(C)CC3CCN(c5c(F)cn6c(=O)c(C(=O)O)cc(C7CC7)c6c5C)C3)CC2)=C(NC(=O)/C(C)=C\C=C\[C@H](C)[C@H](O)[C@@H](N)[C@@H](O)[C@@H](N)[C@H](OC(C)=O)[C@@H]1C)C4=O. The minimum Gasteiger partial charge on any atom is -0.507 e. The lowest BCUT2D eigenvalue weighted by atomic mass is 9.82. The second kappa shape index (κ2) is 23.4. The molecule has 2 saturated heterocycles. The number of aromatic carboxylic acids is 1. The van der Waals surface area contributed by atoms with Crippen LogP contribution in [0.15, 0.2) is 64.6 Å². The third kappa shape index (κ3) is 11.1. The number of aromatic hydroxyl groups is 1. The van der Waals surface area contributed by atoms with Gasteiger partial charge in [-0.2, -0.15) is 0 Å². The molecule has 23 heteroatoms. The van der Waals surface area contributed by atoms with E-state index in [1.807, 2.05) is 11.9 Å². The molecule has 1 saturated carbocycles. The van der Waals surface area contributed by atoms with Crippen LogP contribution in [0, 0.1) is 37.4 Å². The number of carbonyl (C=O) groups is 6. The lowest BCUT2D eigenvalue weighted by Gasteiger charge is -2.40. The summed E-state index contributed by atoms with van der Waals surface area (Å²) in [5.41, 5.74) is 12.1. The number of fused-ring (bicyclic) bond motifs is 15. The first-order valence-electron chi connectivity index (χ1n) is 28.1. The molecule has 83 heavy (non-hydrogen) atoms. The summed E-state index contributed by atoms with van der Waals surface area (Å²) >= 11 is 0. The van der Waals surface area contributed by atoms with Gasteiger partial charge in [-0.05, 0) is 95.0 Å². The Morgan fingerprint density at radius 3 is 2.23 bits per heavy atom. The molecule has 7 aliphatic rings. The average Bonchev–Trinajstić information content (AvgIpc) is 2.31. The topological polar surface area (TPSA) is 316 Å². The highest BCUT2D eigenvalue weighted by atomic mass is 19.1. The van der Waals surface area contributed by atoms with Crippen LogP contribution >= 0.6 is 0 Å². The highest BCUT2D eigenvalue weighted by Crippen LogP contribution is 2.50. The number of likely N-dealkylation sites (tertiary alicyclic amines) is 1. The fraction of sp³-hybridized carbons (Fsp3) is 0.517. The van der Waals surface area contributed by atoms with Crippen molar-refractivity contribution in [3.63, 3.8) is 0 Å². The Balaban J connectivity index is 1.00. The van der Waals surface area contributed by atoms with E-state index in [1.165, 1.54) is 58.3 Å². The molecule has 2 aromatic heterocycles. The number of amides is 1. The average molecular weight is 1150 g/mol. The predicted octanol–water partition coefficient (Wildman–Crippen LogP) is 3.90. The second-order valence-corrected chi connectivity index (χ2v) is 23.3. The van der Waals surface area contributed by atoms with Crippen LogP contribution < -0.4 is 32.0 Å². The number of piperidine rings is 1. The van der Waals surface area contributed by atoms with Crippen molar-refractivity contribution in [2.75, 3.05) is 51.8 Å². The number of benzene rings is 1. The van der Waals surface area contributed by atoms with Gasteiger partial charge in [0, 0.05) is 82.7 Å². The van der Waals surface area contributed by atoms with Gasteiger partial charge in [-0.3, -0.25) is 33.2 Å². The zero-order chi connectivity index (χ0) is 60.4. The van der Waals surface area contributed by atoms with Gasteiger partial charge < -0.3 is 70.9 Å². The van der Waals surface area contributed by atoms with Gasteiger partial charge >= 0.3 is 17.7 Å². The number of hydrogen-bond donors (Lipinski definition) is 7. The van der Waals surface area contributed by atoms with Gasteiger partial charge in [0.1, 0.15) is 34.6 Å². The van der Waals surface area contributed by atoms with Gasteiger partial charge in [-0.15, -0.1) is 0 Å². The molecular weight excluding hydrogens is 1080 g/mol. The summed E-state index contributed by atoms with van der Waals surface area (Å²) < 4.78 is 40.8. The van der Waals surface area contributed by atoms with E-state index in [9.17, 15) is 44.4 Å². The number of aryl methyl sites for hydroxylation is 1. The minimum atomic E-state index is -2.19. The maximum atomic E-state index is 16.2. The fourth-order valence-corrected chi connectivity index (χ4v) is 12.6.